The molecule has 1 saturated heterocycles. The van der Waals surface area contributed by atoms with Crippen LogP contribution in [0.2, 0.25) is 0 Å². The van der Waals surface area contributed by atoms with Crippen molar-refractivity contribution in [3.8, 4) is 0 Å². The van der Waals surface area contributed by atoms with Crippen LogP contribution in [0, 0.1) is 6.92 Å². The average molecular weight is 354 g/mol. The fraction of sp³-hybridized carbons (Fsp3) is 0.381. The van der Waals surface area contributed by atoms with Crippen LogP contribution in [0.15, 0.2) is 48.5 Å². The Morgan fingerprint density at radius 1 is 1.00 bits per heavy atom. The number of piperidine rings is 1. The number of likely N-dealkylation sites (tertiary alicyclic amines) is 1. The lowest BCUT2D eigenvalue weighted by atomic mass is 10.1. The molecule has 132 valence electrons. The van der Waals surface area contributed by atoms with Crippen molar-refractivity contribution in [3.63, 3.8) is 0 Å². The Kier molecular flexibility index (Phi) is 6.42. The van der Waals surface area contributed by atoms with Crippen LogP contribution in [0.1, 0.15) is 36.0 Å². The standard InChI is InChI=1S/C21H27N3S/c1-17-6-5-7-20(14-17)23-21(25)22-15-18-8-10-19(11-9-18)16-24-12-3-2-4-13-24/h5-11,14H,2-4,12-13,15-16H2,1H3,(H2,22,23,25). The molecule has 0 bridgehead atoms. The van der Waals surface area contributed by atoms with Crippen LogP contribution in [-0.2, 0) is 13.1 Å². The molecular formula is C21H27N3S. The van der Waals surface area contributed by atoms with Crippen LogP contribution in [0.25, 0.3) is 0 Å². The molecule has 3 rings (SSSR count). The first-order valence-corrected chi connectivity index (χ1v) is 9.51. The normalized spacial score (nSPS) is 14.9. The largest absolute Gasteiger partial charge is 0.358 e. The highest BCUT2D eigenvalue weighted by Crippen LogP contribution is 2.14. The second-order valence-corrected chi connectivity index (χ2v) is 7.24. The van der Waals surface area contributed by atoms with Crippen molar-refractivity contribution in [2.75, 3.05) is 18.4 Å². The van der Waals surface area contributed by atoms with Crippen LogP contribution in [0.3, 0.4) is 0 Å². The third kappa shape index (κ3) is 5.83. The zero-order valence-electron chi connectivity index (χ0n) is 14.9. The van der Waals surface area contributed by atoms with Gasteiger partial charge in [0.25, 0.3) is 0 Å². The lowest BCUT2D eigenvalue weighted by Crippen LogP contribution is -2.29. The highest BCUT2D eigenvalue weighted by atomic mass is 32.1. The van der Waals surface area contributed by atoms with Gasteiger partial charge in [-0.25, -0.2) is 0 Å². The van der Waals surface area contributed by atoms with Gasteiger partial charge in [-0.2, -0.15) is 0 Å². The van der Waals surface area contributed by atoms with Gasteiger partial charge in [-0.3, -0.25) is 4.90 Å². The summed E-state index contributed by atoms with van der Waals surface area (Å²) in [6, 6.07) is 17.1. The molecule has 0 radical (unpaired) electrons. The van der Waals surface area contributed by atoms with E-state index in [1.807, 2.05) is 12.1 Å². The molecule has 3 nitrogen and oxygen atoms in total. The summed E-state index contributed by atoms with van der Waals surface area (Å²) >= 11 is 5.38. The second kappa shape index (κ2) is 8.97. The molecule has 0 aromatic heterocycles. The van der Waals surface area contributed by atoms with Crippen LogP contribution in [0.5, 0.6) is 0 Å². The molecular weight excluding hydrogens is 326 g/mol. The molecule has 0 spiro atoms. The molecule has 1 aliphatic heterocycles. The van der Waals surface area contributed by atoms with Crippen molar-refractivity contribution < 1.29 is 0 Å². The van der Waals surface area contributed by atoms with Crippen molar-refractivity contribution >= 4 is 23.0 Å². The molecule has 4 heteroatoms. The fourth-order valence-electron chi connectivity index (χ4n) is 3.22. The summed E-state index contributed by atoms with van der Waals surface area (Å²) in [5.74, 6) is 0. The van der Waals surface area contributed by atoms with Gasteiger partial charge in [0.15, 0.2) is 5.11 Å². The first-order chi connectivity index (χ1) is 12.2. The minimum Gasteiger partial charge on any atom is -0.358 e. The Labute approximate surface area is 156 Å². The van der Waals surface area contributed by atoms with Gasteiger partial charge in [-0.1, -0.05) is 42.8 Å². The Morgan fingerprint density at radius 2 is 1.72 bits per heavy atom. The first kappa shape index (κ1) is 17.9. The molecule has 1 heterocycles. The number of thiocarbonyl (C=S) groups is 1. The molecule has 0 amide bonds. The molecule has 0 unspecified atom stereocenters. The summed E-state index contributed by atoms with van der Waals surface area (Å²) in [4.78, 5) is 2.55. The summed E-state index contributed by atoms with van der Waals surface area (Å²) in [6.07, 6.45) is 4.07. The Morgan fingerprint density at radius 3 is 2.44 bits per heavy atom. The second-order valence-electron chi connectivity index (χ2n) is 6.83. The number of nitrogens with one attached hydrogen (secondary N) is 2. The predicted molar refractivity (Wildman–Crippen MR) is 110 cm³/mol. The lowest BCUT2D eigenvalue weighted by molar-refractivity contribution is 0.221. The van der Waals surface area contributed by atoms with Crippen LogP contribution >= 0.6 is 12.2 Å². The SMILES string of the molecule is Cc1cccc(NC(=S)NCc2ccc(CN3CCCCC3)cc2)c1. The summed E-state index contributed by atoms with van der Waals surface area (Å²) in [5.41, 5.74) is 4.88. The van der Waals surface area contributed by atoms with E-state index in [0.29, 0.717) is 5.11 Å². The van der Waals surface area contributed by atoms with Gasteiger partial charge in [0.05, 0.1) is 0 Å². The van der Waals surface area contributed by atoms with Gasteiger partial charge >= 0.3 is 0 Å². The number of anilines is 1. The number of hydrogen-bond acceptors (Lipinski definition) is 2. The van der Waals surface area contributed by atoms with Crippen LogP contribution in [-0.4, -0.2) is 23.1 Å². The summed E-state index contributed by atoms with van der Waals surface area (Å²) in [7, 11) is 0. The van der Waals surface area contributed by atoms with Gasteiger partial charge in [-0.15, -0.1) is 0 Å². The summed E-state index contributed by atoms with van der Waals surface area (Å²) in [5, 5.41) is 7.17. The third-order valence-electron chi connectivity index (χ3n) is 4.61. The molecule has 2 aromatic carbocycles. The molecule has 2 aromatic rings. The molecule has 25 heavy (non-hydrogen) atoms. The molecule has 0 aliphatic carbocycles. The highest BCUT2D eigenvalue weighted by molar-refractivity contribution is 7.80. The fourth-order valence-corrected chi connectivity index (χ4v) is 3.41. The van der Waals surface area contributed by atoms with Crippen molar-refractivity contribution in [3.05, 3.63) is 65.2 Å². The summed E-state index contributed by atoms with van der Waals surface area (Å²) in [6.45, 7) is 6.36. The smallest absolute Gasteiger partial charge is 0.171 e. The summed E-state index contributed by atoms with van der Waals surface area (Å²) < 4.78 is 0. The van der Waals surface area contributed by atoms with E-state index < -0.39 is 0 Å². The van der Waals surface area contributed by atoms with E-state index in [1.54, 1.807) is 0 Å². The van der Waals surface area contributed by atoms with Gasteiger partial charge < -0.3 is 10.6 Å². The van der Waals surface area contributed by atoms with Crippen molar-refractivity contribution in [1.82, 2.24) is 10.2 Å². The predicted octanol–water partition coefficient (Wildman–Crippen LogP) is 4.47. The zero-order valence-corrected chi connectivity index (χ0v) is 15.7. The maximum Gasteiger partial charge on any atom is 0.171 e. The van der Waals surface area contributed by atoms with Crippen molar-refractivity contribution in [2.45, 2.75) is 39.3 Å². The zero-order chi connectivity index (χ0) is 17.5. The van der Waals surface area contributed by atoms with E-state index in [4.69, 9.17) is 12.2 Å². The van der Waals surface area contributed by atoms with E-state index in [1.165, 1.54) is 49.0 Å². The maximum absolute atomic E-state index is 5.38. The van der Waals surface area contributed by atoms with E-state index in [2.05, 4.69) is 58.9 Å². The molecule has 1 fully saturated rings. The van der Waals surface area contributed by atoms with Gasteiger partial charge in [-0.05, 0) is 73.9 Å². The monoisotopic (exact) mass is 353 g/mol. The van der Waals surface area contributed by atoms with Gasteiger partial charge in [0.2, 0.25) is 0 Å². The number of hydrogen-bond donors (Lipinski definition) is 2. The average Bonchev–Trinajstić information content (AvgIpc) is 2.62. The van der Waals surface area contributed by atoms with E-state index in [0.717, 1.165) is 18.8 Å². The topological polar surface area (TPSA) is 27.3 Å². The number of rotatable bonds is 5. The maximum atomic E-state index is 5.38. The Hall–Kier alpha value is -1.91. The Balaban J connectivity index is 1.45. The Bertz CT molecular complexity index is 691. The van der Waals surface area contributed by atoms with E-state index in [9.17, 15) is 0 Å². The molecule has 1 aliphatic rings. The van der Waals surface area contributed by atoms with Crippen LogP contribution < -0.4 is 10.6 Å². The van der Waals surface area contributed by atoms with Crippen LogP contribution in [0.4, 0.5) is 5.69 Å². The molecule has 2 N–H and O–H groups in total. The number of aryl methyl sites for hydroxylation is 1. The number of benzene rings is 2. The van der Waals surface area contributed by atoms with Gasteiger partial charge in [0.1, 0.15) is 0 Å². The van der Waals surface area contributed by atoms with Crippen molar-refractivity contribution in [2.24, 2.45) is 0 Å². The van der Waals surface area contributed by atoms with Gasteiger partial charge in [0, 0.05) is 18.8 Å². The molecule has 0 saturated carbocycles. The highest BCUT2D eigenvalue weighted by Gasteiger charge is 2.10. The van der Waals surface area contributed by atoms with E-state index >= 15 is 0 Å². The molecule has 0 atom stereocenters. The lowest BCUT2D eigenvalue weighted by Gasteiger charge is -2.26. The minimum atomic E-state index is 0.656. The van der Waals surface area contributed by atoms with E-state index in [-0.39, 0.29) is 0 Å². The quantitative estimate of drug-likeness (QED) is 0.776. The first-order valence-electron chi connectivity index (χ1n) is 9.11. The third-order valence-corrected chi connectivity index (χ3v) is 4.85. The van der Waals surface area contributed by atoms with Crippen molar-refractivity contribution in [1.29, 1.82) is 0 Å². The number of nitrogens with zero attached hydrogens (tertiary/aromatic N) is 1. The minimum absolute atomic E-state index is 0.656.